The number of piperidine rings is 1. The van der Waals surface area contributed by atoms with Crippen LogP contribution in [0, 0.1) is 6.92 Å². The van der Waals surface area contributed by atoms with E-state index in [1.807, 2.05) is 34.8 Å². The average Bonchev–Trinajstić information content (AvgIpc) is 3.04. The summed E-state index contributed by atoms with van der Waals surface area (Å²) in [5.41, 5.74) is 1.70. The first-order valence-electron chi connectivity index (χ1n) is 15.2. The smallest absolute Gasteiger partial charge is 0.467 e. The Morgan fingerprint density at radius 1 is 1.11 bits per heavy atom. The molecule has 0 aliphatic carbocycles. The van der Waals surface area contributed by atoms with Crippen LogP contribution in [0.5, 0.6) is 11.8 Å². The minimum absolute atomic E-state index is 0.0132. The van der Waals surface area contributed by atoms with E-state index in [0.29, 0.717) is 49.9 Å². The van der Waals surface area contributed by atoms with Crippen molar-refractivity contribution in [2.24, 2.45) is 0 Å². The van der Waals surface area contributed by atoms with Crippen LogP contribution in [0.15, 0.2) is 24.3 Å². The van der Waals surface area contributed by atoms with Crippen molar-refractivity contribution in [3.63, 3.8) is 0 Å². The van der Waals surface area contributed by atoms with Crippen LogP contribution in [0.4, 0.5) is 19.0 Å². The summed E-state index contributed by atoms with van der Waals surface area (Å²) in [4.78, 5) is 24.3. The maximum Gasteiger partial charge on any atom is 0.573 e. The third kappa shape index (κ3) is 9.08. The van der Waals surface area contributed by atoms with Crippen LogP contribution < -0.4 is 20.1 Å². The van der Waals surface area contributed by atoms with E-state index in [1.165, 1.54) is 19.2 Å². The highest BCUT2D eigenvalue weighted by atomic mass is 127. The summed E-state index contributed by atoms with van der Waals surface area (Å²) >= 11 is 1.93. The number of hydrogen-bond acceptors (Lipinski definition) is 10. The molecule has 0 radical (unpaired) electrons. The van der Waals surface area contributed by atoms with Gasteiger partial charge < -0.3 is 37.5 Å². The Labute approximate surface area is 274 Å². The molecule has 5 rings (SSSR count). The van der Waals surface area contributed by atoms with Crippen LogP contribution in [-0.4, -0.2) is 91.4 Å². The Balaban J connectivity index is 1.17. The highest BCUT2D eigenvalue weighted by Gasteiger charge is 2.33. The van der Waals surface area contributed by atoms with Crippen molar-refractivity contribution in [3.8, 4) is 11.8 Å². The van der Waals surface area contributed by atoms with E-state index in [0.717, 1.165) is 44.1 Å². The quantitative estimate of drug-likeness (QED) is 0.317. The number of nitrogens with zero attached hydrogens (tertiary/aromatic N) is 3. The average molecular weight is 750 g/mol. The van der Waals surface area contributed by atoms with E-state index in [4.69, 9.17) is 17.3 Å². The molecule has 1 amide bonds. The molecule has 248 valence electrons. The number of benzene rings is 1. The topological polar surface area (TPSA) is 116 Å². The molecule has 15 heteroatoms. The second kappa shape index (κ2) is 15.4. The van der Waals surface area contributed by atoms with Gasteiger partial charge in [0.05, 0.1) is 25.9 Å². The number of likely N-dealkylation sites (tertiary alicyclic amines) is 1. The first kappa shape index (κ1) is 33.9. The Kier molecular flexibility index (Phi) is 11.6. The lowest BCUT2D eigenvalue weighted by molar-refractivity contribution is -0.274. The molecular weight excluding hydrogens is 710 g/mol. The molecule has 45 heavy (non-hydrogen) atoms. The summed E-state index contributed by atoms with van der Waals surface area (Å²) in [6.45, 7) is 4.73. The van der Waals surface area contributed by atoms with Gasteiger partial charge in [-0.1, -0.05) is 12.1 Å². The number of anilines is 1. The number of rotatable bonds is 10. The fourth-order valence-electron chi connectivity index (χ4n) is 6.05. The predicted molar refractivity (Wildman–Crippen MR) is 167 cm³/mol. The number of halogens is 4. The zero-order chi connectivity index (χ0) is 32.0. The van der Waals surface area contributed by atoms with E-state index < -0.39 is 6.36 Å². The molecule has 1 aromatic carbocycles. The van der Waals surface area contributed by atoms with Gasteiger partial charge in [-0.2, -0.15) is 9.97 Å². The molecule has 0 bridgehead atoms. The second-order valence-electron chi connectivity index (χ2n) is 11.5. The summed E-state index contributed by atoms with van der Waals surface area (Å²) in [5, 5.41) is 7.03. The van der Waals surface area contributed by atoms with Crippen LogP contribution in [-0.2, 0) is 12.5 Å². The van der Waals surface area contributed by atoms with Crippen molar-refractivity contribution in [2.75, 3.05) is 45.3 Å². The monoisotopic (exact) mass is 749 g/mol. The van der Waals surface area contributed by atoms with Crippen molar-refractivity contribution >= 4 is 34.7 Å². The zero-order valence-electron chi connectivity index (χ0n) is 25.3. The zero-order valence-corrected chi connectivity index (χ0v) is 27.4. The molecule has 2 aromatic rings. The SMILES string of the molecule is COc1nc(NC[C@H]2CCC[C@@H](c3ccc(OC(F)(F)F)cc3)O2)c(C)c(C(=O)N2CCC(N[C@H]3CCOC[C@H]3OI)CC2)n1. The Hall–Kier alpha value is -2.47. The third-order valence-electron chi connectivity index (χ3n) is 8.49. The van der Waals surface area contributed by atoms with Gasteiger partial charge in [-0.15, -0.1) is 13.2 Å². The number of nitrogens with one attached hydrogen (secondary N) is 2. The fourth-order valence-corrected chi connectivity index (χ4v) is 6.55. The van der Waals surface area contributed by atoms with Gasteiger partial charge in [0.2, 0.25) is 0 Å². The Morgan fingerprint density at radius 2 is 1.87 bits per heavy atom. The second-order valence-corrected chi connectivity index (χ2v) is 12.0. The number of hydrogen-bond donors (Lipinski definition) is 2. The van der Waals surface area contributed by atoms with Crippen molar-refractivity contribution in [1.82, 2.24) is 20.2 Å². The standard InChI is InChI=1S/C30H39F3IN5O6/c1-18-26(28(40)39-13-10-20(11-14-39)36-23-12-15-42-17-25(23)45-34)37-29(41-2)38-27(18)35-16-22-4-3-5-24(43-22)19-6-8-21(9-7-19)44-30(31,32)33/h6-9,20,22-25,36H,3-5,10-17H2,1-2H3,(H,35,37,38)/t22-,23+,24+,25-/m1/s1. The fraction of sp³-hybridized carbons (Fsp3) is 0.633. The molecule has 3 saturated heterocycles. The maximum atomic E-state index is 13.6. The van der Waals surface area contributed by atoms with Crippen LogP contribution in [0.3, 0.4) is 0 Å². The lowest BCUT2D eigenvalue weighted by Gasteiger charge is -2.37. The lowest BCUT2D eigenvalue weighted by atomic mass is 9.98. The molecule has 3 aliphatic heterocycles. The number of methoxy groups -OCH3 is 1. The normalized spacial score (nSPS) is 24.7. The minimum Gasteiger partial charge on any atom is -0.467 e. The van der Waals surface area contributed by atoms with Crippen LogP contribution in [0.1, 0.15) is 66.2 Å². The van der Waals surface area contributed by atoms with Gasteiger partial charge in [-0.25, -0.2) is 0 Å². The number of carbonyl (C=O) groups excluding carboxylic acids is 1. The number of amides is 1. The Morgan fingerprint density at radius 3 is 2.56 bits per heavy atom. The maximum absolute atomic E-state index is 13.6. The van der Waals surface area contributed by atoms with Crippen LogP contribution in [0.2, 0.25) is 0 Å². The van der Waals surface area contributed by atoms with Crippen molar-refractivity contribution < 1.29 is 40.0 Å². The van der Waals surface area contributed by atoms with Crippen LogP contribution >= 0.6 is 23.0 Å². The third-order valence-corrected chi connectivity index (χ3v) is 9.15. The number of aromatic nitrogens is 2. The van der Waals surface area contributed by atoms with E-state index in [2.05, 4.69) is 25.3 Å². The largest absolute Gasteiger partial charge is 0.573 e. The molecule has 11 nitrogen and oxygen atoms in total. The number of ether oxygens (including phenoxy) is 4. The first-order chi connectivity index (χ1) is 21.6. The molecule has 0 unspecified atom stereocenters. The van der Waals surface area contributed by atoms with Gasteiger partial charge >= 0.3 is 12.4 Å². The summed E-state index contributed by atoms with van der Waals surface area (Å²) in [5.74, 6) is 0.0569. The van der Waals surface area contributed by atoms with Gasteiger partial charge in [0.15, 0.2) is 0 Å². The van der Waals surface area contributed by atoms with Crippen molar-refractivity contribution in [3.05, 3.63) is 41.1 Å². The molecule has 3 aliphatic rings. The highest BCUT2D eigenvalue weighted by molar-refractivity contribution is 14.1. The molecule has 4 heterocycles. The van der Waals surface area contributed by atoms with Gasteiger partial charge in [0.25, 0.3) is 5.91 Å². The van der Waals surface area contributed by atoms with Crippen molar-refractivity contribution in [2.45, 2.75) is 82.2 Å². The van der Waals surface area contributed by atoms with E-state index >= 15 is 0 Å². The van der Waals surface area contributed by atoms with Gasteiger partial charge in [-0.05, 0) is 63.1 Å². The molecule has 3 fully saturated rings. The van der Waals surface area contributed by atoms with Crippen LogP contribution in [0.25, 0.3) is 0 Å². The molecule has 0 spiro atoms. The summed E-state index contributed by atoms with van der Waals surface area (Å²) < 4.78 is 64.2. The van der Waals surface area contributed by atoms with Gasteiger partial charge in [0, 0.05) is 43.9 Å². The van der Waals surface area contributed by atoms with Gasteiger partial charge in [0.1, 0.15) is 46.4 Å². The van der Waals surface area contributed by atoms with E-state index in [1.54, 1.807) is 12.1 Å². The summed E-state index contributed by atoms with van der Waals surface area (Å²) in [6, 6.07) is 6.39. The molecule has 0 saturated carbocycles. The Bertz CT molecular complexity index is 1280. The summed E-state index contributed by atoms with van der Waals surface area (Å²) in [7, 11) is 1.46. The lowest BCUT2D eigenvalue weighted by Crippen LogP contribution is -2.53. The predicted octanol–water partition coefficient (Wildman–Crippen LogP) is 5.13. The molecule has 1 aromatic heterocycles. The molecule has 2 N–H and O–H groups in total. The number of alkyl halides is 3. The van der Waals surface area contributed by atoms with E-state index in [9.17, 15) is 18.0 Å². The van der Waals surface area contributed by atoms with Crippen molar-refractivity contribution in [1.29, 1.82) is 0 Å². The first-order valence-corrected chi connectivity index (χ1v) is 16.1. The highest BCUT2D eigenvalue weighted by Crippen LogP contribution is 2.33. The minimum atomic E-state index is -4.74. The van der Waals surface area contributed by atoms with Gasteiger partial charge in [-0.3, -0.25) is 4.79 Å². The summed E-state index contributed by atoms with van der Waals surface area (Å²) in [6.07, 6.45) is -0.179. The molecular formula is C30H39F3IN5O6. The number of carbonyl (C=O) groups is 1. The van der Waals surface area contributed by atoms with E-state index in [-0.39, 0.29) is 48.1 Å². The molecule has 4 atom stereocenters.